The van der Waals surface area contributed by atoms with Crippen molar-refractivity contribution in [2.45, 2.75) is 19.1 Å². The predicted molar refractivity (Wildman–Crippen MR) is 143 cm³/mol. The van der Waals surface area contributed by atoms with Crippen LogP contribution in [0.1, 0.15) is 28.3 Å². The Hall–Kier alpha value is -3.97. The van der Waals surface area contributed by atoms with Crippen molar-refractivity contribution in [3.05, 3.63) is 143 Å². The first-order valence-corrected chi connectivity index (χ1v) is 12.8. The van der Waals surface area contributed by atoms with Crippen molar-refractivity contribution in [2.24, 2.45) is 0 Å². The van der Waals surface area contributed by atoms with E-state index in [-0.39, 0.29) is 6.04 Å². The van der Waals surface area contributed by atoms with Crippen LogP contribution in [0, 0.1) is 0 Å². The summed E-state index contributed by atoms with van der Waals surface area (Å²) in [6, 6.07) is 40.9. The lowest BCUT2D eigenvalue weighted by molar-refractivity contribution is -0.939. The Kier molecular flexibility index (Phi) is 11.5. The minimum Gasteiger partial charge on any atom is -0.543 e. The maximum absolute atomic E-state index is 8.93. The molecule has 0 radical (unpaired) electrons. The van der Waals surface area contributed by atoms with Crippen LogP contribution in [0.25, 0.3) is 0 Å². The quantitative estimate of drug-likeness (QED) is 0.296. The number of quaternary nitrogens is 2. The molecule has 0 heterocycles. The van der Waals surface area contributed by atoms with E-state index in [1.165, 1.54) is 22.3 Å². The summed E-state index contributed by atoms with van der Waals surface area (Å²) in [4.78, 5) is 19.4. The Bertz CT molecular complexity index is 1200. The number of hydrogen-bond donors (Lipinski definition) is 2. The van der Waals surface area contributed by atoms with Crippen molar-refractivity contribution >= 4 is 23.5 Å². The molecule has 196 valence electrons. The first-order chi connectivity index (χ1) is 18.4. The number of nitrogens with two attached hydrogens (primary N) is 1. The van der Waals surface area contributed by atoms with Gasteiger partial charge in [0.15, 0.2) is 0 Å². The van der Waals surface area contributed by atoms with Gasteiger partial charge in [-0.3, -0.25) is 0 Å². The molecule has 0 aliphatic rings. The van der Waals surface area contributed by atoms with Crippen LogP contribution in [0.15, 0.2) is 115 Å². The fourth-order valence-corrected chi connectivity index (χ4v) is 4.38. The number of benzene rings is 4. The SMILES string of the molecule is Clc1ccc(C([NH2+]CC[NH+](Cc2ccccc2)Cc2ccccc2)c2ccccc2)cc1.O=C([O-])C(=O)[O-]. The van der Waals surface area contributed by atoms with Crippen molar-refractivity contribution in [1.82, 2.24) is 0 Å². The third kappa shape index (κ3) is 9.82. The van der Waals surface area contributed by atoms with Crippen LogP contribution in [-0.2, 0) is 22.7 Å². The van der Waals surface area contributed by atoms with Gasteiger partial charge in [0, 0.05) is 27.3 Å². The second-order valence-corrected chi connectivity index (χ2v) is 9.30. The number of carbonyl (C=O) groups excluding carboxylic acids is 2. The molecule has 0 bridgehead atoms. The molecule has 4 aromatic carbocycles. The molecule has 7 heteroatoms. The van der Waals surface area contributed by atoms with Crippen LogP contribution in [-0.4, -0.2) is 25.0 Å². The van der Waals surface area contributed by atoms with Gasteiger partial charge in [-0.15, -0.1) is 0 Å². The number of carbonyl (C=O) groups is 2. The van der Waals surface area contributed by atoms with Crippen LogP contribution in [0.5, 0.6) is 0 Å². The summed E-state index contributed by atoms with van der Waals surface area (Å²) < 4.78 is 0. The van der Waals surface area contributed by atoms with Gasteiger partial charge in [0.05, 0.1) is 11.9 Å². The molecular formula is C31H31ClN2O4. The molecule has 6 nitrogen and oxygen atoms in total. The Balaban J connectivity index is 0.000000599. The van der Waals surface area contributed by atoms with Gasteiger partial charge < -0.3 is 30.0 Å². The molecule has 4 aromatic rings. The van der Waals surface area contributed by atoms with Gasteiger partial charge in [-0.1, -0.05) is 115 Å². The van der Waals surface area contributed by atoms with E-state index in [0.717, 1.165) is 31.2 Å². The maximum atomic E-state index is 8.93. The van der Waals surface area contributed by atoms with Crippen molar-refractivity contribution in [3.63, 3.8) is 0 Å². The molecule has 1 atom stereocenters. The predicted octanol–water partition coefficient (Wildman–Crippen LogP) is 0.764. The lowest BCUT2D eigenvalue weighted by Crippen LogP contribution is -3.12. The summed E-state index contributed by atoms with van der Waals surface area (Å²) in [7, 11) is 0. The highest BCUT2D eigenvalue weighted by molar-refractivity contribution is 6.30. The molecule has 1 unspecified atom stereocenters. The molecule has 0 fully saturated rings. The average molecular weight is 531 g/mol. The maximum Gasteiger partial charge on any atom is 0.137 e. The fourth-order valence-electron chi connectivity index (χ4n) is 4.26. The van der Waals surface area contributed by atoms with Gasteiger partial charge in [0.1, 0.15) is 32.2 Å². The van der Waals surface area contributed by atoms with E-state index >= 15 is 0 Å². The minimum absolute atomic E-state index is 0.267. The molecule has 0 aliphatic carbocycles. The summed E-state index contributed by atoms with van der Waals surface area (Å²) in [5, 5.41) is 21.1. The number of hydrogen-bond acceptors (Lipinski definition) is 4. The van der Waals surface area contributed by atoms with Gasteiger partial charge in [-0.2, -0.15) is 0 Å². The molecule has 38 heavy (non-hydrogen) atoms. The Morgan fingerprint density at radius 1 is 0.658 bits per heavy atom. The largest absolute Gasteiger partial charge is 0.543 e. The Labute approximate surface area is 228 Å². The normalized spacial score (nSPS) is 11.3. The highest BCUT2D eigenvalue weighted by atomic mass is 35.5. The second-order valence-electron chi connectivity index (χ2n) is 8.86. The summed E-state index contributed by atoms with van der Waals surface area (Å²) in [6.07, 6.45) is 0. The number of halogens is 1. The fraction of sp³-hybridized carbons (Fsp3) is 0.161. The van der Waals surface area contributed by atoms with Crippen molar-refractivity contribution < 1.29 is 30.0 Å². The highest BCUT2D eigenvalue weighted by Crippen LogP contribution is 2.20. The number of carboxylic acids is 2. The molecule has 4 rings (SSSR count). The summed E-state index contributed by atoms with van der Waals surface area (Å²) in [5.74, 6) is -4.37. The van der Waals surface area contributed by atoms with E-state index in [1.54, 1.807) is 4.90 Å². The van der Waals surface area contributed by atoms with Gasteiger partial charge in [-0.25, -0.2) is 0 Å². The number of aliphatic carboxylic acids is 2. The Morgan fingerprint density at radius 2 is 1.08 bits per heavy atom. The number of rotatable bonds is 10. The molecular weight excluding hydrogens is 500 g/mol. The summed E-state index contributed by atoms with van der Waals surface area (Å²) in [5.41, 5.74) is 5.38. The van der Waals surface area contributed by atoms with Crippen LogP contribution >= 0.6 is 11.6 Å². The second kappa shape index (κ2) is 15.3. The van der Waals surface area contributed by atoms with Gasteiger partial charge in [-0.05, 0) is 12.1 Å². The van der Waals surface area contributed by atoms with Gasteiger partial charge in [0.2, 0.25) is 0 Å². The average Bonchev–Trinajstić information content (AvgIpc) is 2.94. The summed E-state index contributed by atoms with van der Waals surface area (Å²) in [6.45, 7) is 4.18. The van der Waals surface area contributed by atoms with E-state index in [0.29, 0.717) is 0 Å². The van der Waals surface area contributed by atoms with Crippen LogP contribution < -0.4 is 20.4 Å². The zero-order valence-corrected chi connectivity index (χ0v) is 21.7. The first kappa shape index (κ1) is 28.6. The highest BCUT2D eigenvalue weighted by Gasteiger charge is 2.19. The molecule has 0 saturated carbocycles. The lowest BCUT2D eigenvalue weighted by Gasteiger charge is -2.22. The zero-order valence-electron chi connectivity index (χ0n) is 21.0. The standard InChI is InChI=1S/C29H29ClN2.C2H2O4/c30-28-18-16-27(17-19-28)29(26-14-8-3-9-15-26)31-20-21-32(22-24-10-4-1-5-11-24)23-25-12-6-2-7-13-25;3-1(4)2(5)6/h1-19,29,31H,20-23H2;(H,3,4)(H,5,6). The third-order valence-corrected chi connectivity index (χ3v) is 6.30. The number of carboxylic acid groups (broad SMARTS) is 2. The molecule has 0 spiro atoms. The van der Waals surface area contributed by atoms with E-state index in [2.05, 4.69) is 108 Å². The Morgan fingerprint density at radius 3 is 1.53 bits per heavy atom. The monoisotopic (exact) mass is 530 g/mol. The van der Waals surface area contributed by atoms with E-state index in [4.69, 9.17) is 31.4 Å². The van der Waals surface area contributed by atoms with Gasteiger partial charge in [0.25, 0.3) is 0 Å². The van der Waals surface area contributed by atoms with Crippen LogP contribution in [0.4, 0.5) is 0 Å². The molecule has 0 saturated heterocycles. The minimum atomic E-state index is -2.19. The summed E-state index contributed by atoms with van der Waals surface area (Å²) >= 11 is 6.15. The van der Waals surface area contributed by atoms with Crippen molar-refractivity contribution in [3.8, 4) is 0 Å². The van der Waals surface area contributed by atoms with E-state index in [1.807, 2.05) is 12.1 Å². The molecule has 0 aliphatic heterocycles. The molecule has 3 N–H and O–H groups in total. The van der Waals surface area contributed by atoms with E-state index < -0.39 is 11.9 Å². The third-order valence-electron chi connectivity index (χ3n) is 6.05. The number of nitrogens with one attached hydrogen (secondary N) is 1. The van der Waals surface area contributed by atoms with E-state index in [9.17, 15) is 0 Å². The zero-order chi connectivity index (χ0) is 27.2. The lowest BCUT2D eigenvalue weighted by atomic mass is 9.99. The first-order valence-electron chi connectivity index (χ1n) is 12.4. The molecule has 0 amide bonds. The smallest absolute Gasteiger partial charge is 0.137 e. The topological polar surface area (TPSA) is 101 Å². The van der Waals surface area contributed by atoms with Crippen molar-refractivity contribution in [2.75, 3.05) is 13.1 Å². The van der Waals surface area contributed by atoms with Crippen molar-refractivity contribution in [1.29, 1.82) is 0 Å². The van der Waals surface area contributed by atoms with Crippen LogP contribution in [0.3, 0.4) is 0 Å². The van der Waals surface area contributed by atoms with Crippen LogP contribution in [0.2, 0.25) is 5.02 Å². The molecule has 0 aromatic heterocycles. The van der Waals surface area contributed by atoms with Gasteiger partial charge >= 0.3 is 0 Å².